The van der Waals surface area contributed by atoms with Crippen LogP contribution in [-0.2, 0) is 0 Å². The molecule has 0 spiro atoms. The molecule has 0 saturated heterocycles. The third kappa shape index (κ3) is 1.59. The van der Waals surface area contributed by atoms with Gasteiger partial charge in [0.1, 0.15) is 6.20 Å². The zero-order chi connectivity index (χ0) is 4.41. The van der Waals surface area contributed by atoms with Gasteiger partial charge in [-0.05, 0) is 0 Å². The van der Waals surface area contributed by atoms with E-state index in [1.807, 2.05) is 18.1 Å². The maximum Gasteiger partial charge on any atom is 0.286 e. The Labute approximate surface area is 48.9 Å². The van der Waals surface area contributed by atoms with Crippen LogP contribution in [0.15, 0.2) is 12.4 Å². The zero-order valence-corrected chi connectivity index (χ0v) is 4.76. The molecule has 2 nitrogen and oxygen atoms in total. The van der Waals surface area contributed by atoms with Gasteiger partial charge in [-0.25, -0.2) is 4.90 Å². The lowest BCUT2D eigenvalue weighted by Gasteiger charge is -1.83. The largest absolute Gasteiger partial charge is 1.00 e. The van der Waals surface area contributed by atoms with Crippen molar-refractivity contribution in [3.05, 3.63) is 12.4 Å². The summed E-state index contributed by atoms with van der Waals surface area (Å²) in [7, 11) is 1.94. The lowest BCUT2D eigenvalue weighted by molar-refractivity contribution is -0.00000131. The molecule has 39 valence electrons. The molecule has 1 aliphatic heterocycles. The molecule has 0 bridgehead atoms. The summed E-state index contributed by atoms with van der Waals surface area (Å²) in [5.74, 6) is 0. The average Bonchev–Trinajstić information content (AvgIpc) is 1.86. The van der Waals surface area contributed by atoms with E-state index in [2.05, 4.69) is 4.99 Å². The van der Waals surface area contributed by atoms with Gasteiger partial charge in [-0.1, -0.05) is 4.99 Å². The van der Waals surface area contributed by atoms with Crippen LogP contribution >= 0.6 is 0 Å². The maximum atomic E-state index is 3.78. The molecule has 0 atom stereocenters. The molecule has 0 amide bonds. The quantitative estimate of drug-likeness (QED) is 0.326. The summed E-state index contributed by atoms with van der Waals surface area (Å²) in [6, 6.07) is 0. The molecule has 0 aliphatic carbocycles. The highest BCUT2D eigenvalue weighted by atomic mass is 35.5. The Bertz CT molecular complexity index is 85.9. The maximum absolute atomic E-state index is 3.78. The van der Waals surface area contributed by atoms with Crippen molar-refractivity contribution in [3.63, 3.8) is 0 Å². The fourth-order valence-corrected chi connectivity index (χ4v) is 0.326. The number of halogens is 1. The van der Waals surface area contributed by atoms with E-state index in [4.69, 9.17) is 0 Å². The van der Waals surface area contributed by atoms with Crippen molar-refractivity contribution < 1.29 is 12.4 Å². The summed E-state index contributed by atoms with van der Waals surface area (Å²) >= 11 is 0. The number of hydrogen-bond donors (Lipinski definition) is 0. The monoisotopic (exact) mass is 117 g/mol. The number of aliphatic imine (C=N–C) groups is 1. The van der Waals surface area contributed by atoms with Crippen molar-refractivity contribution in [3.8, 4) is 0 Å². The lowest BCUT2D eigenvalue weighted by atomic mass is 10.9. The fourth-order valence-electron chi connectivity index (χ4n) is 0.326. The van der Waals surface area contributed by atoms with Gasteiger partial charge in [-0.15, -0.1) is 0 Å². The van der Waals surface area contributed by atoms with Gasteiger partial charge in [0.15, 0.2) is 6.20 Å². The van der Waals surface area contributed by atoms with E-state index in [0.29, 0.717) is 0 Å². The van der Waals surface area contributed by atoms with Crippen LogP contribution in [0.4, 0.5) is 0 Å². The van der Waals surface area contributed by atoms with E-state index < -0.39 is 0 Å². The third-order valence-corrected chi connectivity index (χ3v) is 0.637. The molecule has 1 aliphatic rings. The minimum absolute atomic E-state index is 0. The highest BCUT2D eigenvalue weighted by Crippen LogP contribution is 1.79. The molecule has 0 aromatic carbocycles. The highest BCUT2D eigenvalue weighted by molar-refractivity contribution is 5.57. The molecule has 1 radical (unpaired) electrons. The summed E-state index contributed by atoms with van der Waals surface area (Å²) in [5, 5.41) is 0. The van der Waals surface area contributed by atoms with Gasteiger partial charge in [-0.3, -0.25) is 0 Å². The van der Waals surface area contributed by atoms with Crippen molar-refractivity contribution >= 4 is 6.34 Å². The molecule has 0 unspecified atom stereocenters. The van der Waals surface area contributed by atoms with Crippen LogP contribution in [-0.4, -0.2) is 18.3 Å². The van der Waals surface area contributed by atoms with E-state index in [0.717, 1.165) is 0 Å². The van der Waals surface area contributed by atoms with Crippen molar-refractivity contribution in [2.75, 3.05) is 7.05 Å². The van der Waals surface area contributed by atoms with E-state index in [1.54, 1.807) is 12.5 Å². The predicted molar refractivity (Wildman–Crippen MR) is 25.1 cm³/mol. The topological polar surface area (TPSA) is 17.3 Å². The molecule has 1 heterocycles. The molecular formula is C4H6ClN2. The Hall–Kier alpha value is -0.500. The van der Waals surface area contributed by atoms with Crippen LogP contribution < -0.4 is 17.4 Å². The predicted octanol–water partition coefficient (Wildman–Crippen LogP) is -3.23. The van der Waals surface area contributed by atoms with E-state index in [1.165, 1.54) is 0 Å². The van der Waals surface area contributed by atoms with Crippen LogP contribution in [0.5, 0.6) is 0 Å². The second-order valence-electron chi connectivity index (χ2n) is 1.23. The van der Waals surface area contributed by atoms with Crippen molar-refractivity contribution in [2.45, 2.75) is 0 Å². The Morgan fingerprint density at radius 2 is 2.29 bits per heavy atom. The summed E-state index contributed by atoms with van der Waals surface area (Å²) in [6.07, 6.45) is 5.39. The first-order valence-corrected chi connectivity index (χ1v) is 1.81. The Morgan fingerprint density at radius 1 is 1.57 bits per heavy atom. The summed E-state index contributed by atoms with van der Waals surface area (Å²) in [6.45, 7) is 0. The van der Waals surface area contributed by atoms with Gasteiger partial charge in [0.25, 0.3) is 6.34 Å². The van der Waals surface area contributed by atoms with Gasteiger partial charge in [0.2, 0.25) is 0 Å². The minimum Gasteiger partial charge on any atom is -1.00 e. The van der Waals surface area contributed by atoms with Gasteiger partial charge in [0, 0.05) is 0 Å². The SMILES string of the molecule is CN1C=C[N+]=C1.[Cl-]. The summed E-state index contributed by atoms with van der Waals surface area (Å²) in [4.78, 5) is 5.67. The van der Waals surface area contributed by atoms with Crippen molar-refractivity contribution in [1.82, 2.24) is 9.89 Å². The molecule has 0 aromatic heterocycles. The molecule has 7 heavy (non-hydrogen) atoms. The molecule has 0 aromatic rings. The van der Waals surface area contributed by atoms with Gasteiger partial charge < -0.3 is 12.4 Å². The molecule has 3 heteroatoms. The van der Waals surface area contributed by atoms with Crippen LogP contribution in [0.1, 0.15) is 0 Å². The molecule has 0 N–H and O–H groups in total. The molecule has 0 fully saturated rings. The first-order valence-electron chi connectivity index (χ1n) is 1.81. The Morgan fingerprint density at radius 3 is 2.43 bits per heavy atom. The van der Waals surface area contributed by atoms with Crippen LogP contribution in [0.2, 0.25) is 0 Å². The Balaban J connectivity index is 0.000000360. The number of nitrogens with zero attached hydrogens (tertiary/aromatic N) is 2. The van der Waals surface area contributed by atoms with Crippen LogP contribution in [0.3, 0.4) is 0 Å². The fraction of sp³-hybridized carbons (Fsp3) is 0.250. The van der Waals surface area contributed by atoms with Gasteiger partial charge >= 0.3 is 0 Å². The van der Waals surface area contributed by atoms with Crippen LogP contribution in [0, 0.1) is 0 Å². The second-order valence-corrected chi connectivity index (χ2v) is 1.23. The third-order valence-electron chi connectivity index (χ3n) is 0.637. The van der Waals surface area contributed by atoms with E-state index in [9.17, 15) is 0 Å². The average molecular weight is 118 g/mol. The van der Waals surface area contributed by atoms with E-state index in [-0.39, 0.29) is 12.4 Å². The first kappa shape index (κ1) is 6.50. The van der Waals surface area contributed by atoms with Crippen LogP contribution in [0.25, 0.3) is 0 Å². The van der Waals surface area contributed by atoms with Gasteiger partial charge in [0.05, 0.1) is 7.05 Å². The summed E-state index contributed by atoms with van der Waals surface area (Å²) in [5.41, 5.74) is 0. The van der Waals surface area contributed by atoms with Crippen molar-refractivity contribution in [1.29, 1.82) is 0 Å². The number of rotatable bonds is 0. The van der Waals surface area contributed by atoms with Gasteiger partial charge in [-0.2, -0.15) is 0 Å². The van der Waals surface area contributed by atoms with Crippen molar-refractivity contribution in [2.24, 2.45) is 0 Å². The smallest absolute Gasteiger partial charge is 0.286 e. The first-order chi connectivity index (χ1) is 2.89. The zero-order valence-electron chi connectivity index (χ0n) is 4.00. The van der Waals surface area contributed by atoms with E-state index >= 15 is 0 Å². The normalized spacial score (nSPS) is 14.7. The molecule has 0 saturated carbocycles. The standard InChI is InChI=1S/C4H6N2.ClH/c1-6-3-2-5-4-6;/h2-4H,1H3;1H/q+1;/p-1. The summed E-state index contributed by atoms with van der Waals surface area (Å²) < 4.78 is 0. The highest BCUT2D eigenvalue weighted by Gasteiger charge is 1.97. The lowest BCUT2D eigenvalue weighted by Crippen LogP contribution is -3.00. The molecular weight excluding hydrogens is 112 g/mol. The number of hydrogen-bond acceptors (Lipinski definition) is 2. The Kier molecular flexibility index (Phi) is 2.45. The molecule has 1 rings (SSSR count). The second kappa shape index (κ2) is 2.64. The minimum atomic E-state index is 0.